The summed E-state index contributed by atoms with van der Waals surface area (Å²) in [6.45, 7) is 2.40. The molecule has 1 aromatic rings. The molecule has 6 heteroatoms. The molecule has 1 unspecified atom stereocenters. The SMILES string of the molecule is CNCC1CCCN(C(=O)Cc2c(F)cccc2Cl)C1.Cl. The van der Waals surface area contributed by atoms with Crippen LogP contribution in [0.5, 0.6) is 0 Å². The number of rotatable bonds is 4. The third-order valence-corrected chi connectivity index (χ3v) is 4.11. The number of benzene rings is 1. The van der Waals surface area contributed by atoms with Crippen molar-refractivity contribution in [2.75, 3.05) is 26.7 Å². The van der Waals surface area contributed by atoms with Gasteiger partial charge in [-0.2, -0.15) is 0 Å². The summed E-state index contributed by atoms with van der Waals surface area (Å²) in [5, 5.41) is 3.47. The van der Waals surface area contributed by atoms with Crippen molar-refractivity contribution >= 4 is 29.9 Å². The normalized spacial score (nSPS) is 18.2. The van der Waals surface area contributed by atoms with Crippen molar-refractivity contribution in [1.29, 1.82) is 0 Å². The predicted molar refractivity (Wildman–Crippen MR) is 85.6 cm³/mol. The van der Waals surface area contributed by atoms with Crippen molar-refractivity contribution in [2.24, 2.45) is 5.92 Å². The van der Waals surface area contributed by atoms with E-state index in [9.17, 15) is 9.18 Å². The zero-order valence-electron chi connectivity index (χ0n) is 12.1. The molecule has 1 aliphatic rings. The fourth-order valence-corrected chi connectivity index (χ4v) is 2.94. The van der Waals surface area contributed by atoms with E-state index in [1.165, 1.54) is 6.07 Å². The first kappa shape index (κ1) is 18.2. The van der Waals surface area contributed by atoms with E-state index < -0.39 is 5.82 Å². The number of carbonyl (C=O) groups excluding carboxylic acids is 1. The second-order valence-corrected chi connectivity index (χ2v) is 5.69. The lowest BCUT2D eigenvalue weighted by Gasteiger charge is -2.33. The number of hydrogen-bond donors (Lipinski definition) is 1. The Morgan fingerprint density at radius 2 is 2.29 bits per heavy atom. The van der Waals surface area contributed by atoms with Crippen LogP contribution in [0.4, 0.5) is 4.39 Å². The zero-order valence-corrected chi connectivity index (χ0v) is 13.6. The van der Waals surface area contributed by atoms with Crippen LogP contribution >= 0.6 is 24.0 Å². The molecule has 1 amide bonds. The minimum absolute atomic E-state index is 0. The van der Waals surface area contributed by atoms with Crippen LogP contribution in [0.15, 0.2) is 18.2 Å². The smallest absolute Gasteiger partial charge is 0.227 e. The van der Waals surface area contributed by atoms with Gasteiger partial charge in [0.1, 0.15) is 5.82 Å². The van der Waals surface area contributed by atoms with Crippen LogP contribution in [-0.4, -0.2) is 37.5 Å². The van der Waals surface area contributed by atoms with Crippen LogP contribution in [0.3, 0.4) is 0 Å². The fraction of sp³-hybridized carbons (Fsp3) is 0.533. The molecule has 0 radical (unpaired) electrons. The number of likely N-dealkylation sites (tertiary alicyclic amines) is 1. The van der Waals surface area contributed by atoms with Crippen LogP contribution in [0.25, 0.3) is 0 Å². The molecule has 0 saturated carbocycles. The van der Waals surface area contributed by atoms with Gasteiger partial charge in [-0.15, -0.1) is 12.4 Å². The molecular weight excluding hydrogens is 314 g/mol. The molecule has 2 rings (SSSR count). The summed E-state index contributed by atoms with van der Waals surface area (Å²) in [6.07, 6.45) is 2.17. The van der Waals surface area contributed by atoms with Crippen LogP contribution in [0, 0.1) is 11.7 Å². The van der Waals surface area contributed by atoms with Crippen molar-refractivity contribution in [3.63, 3.8) is 0 Å². The molecule has 0 aromatic heterocycles. The quantitative estimate of drug-likeness (QED) is 0.918. The summed E-state index contributed by atoms with van der Waals surface area (Å²) in [5.41, 5.74) is 0.301. The molecule has 0 spiro atoms. The number of halogens is 3. The molecule has 1 atom stereocenters. The predicted octanol–water partition coefficient (Wildman–Crippen LogP) is 2.90. The topological polar surface area (TPSA) is 32.3 Å². The molecule has 0 aliphatic carbocycles. The molecule has 1 saturated heterocycles. The Bertz CT molecular complexity index is 462. The van der Waals surface area contributed by atoms with E-state index in [4.69, 9.17) is 11.6 Å². The van der Waals surface area contributed by atoms with E-state index in [-0.39, 0.29) is 24.7 Å². The Kier molecular flexibility index (Phi) is 7.43. The highest BCUT2D eigenvalue weighted by molar-refractivity contribution is 6.31. The Labute approximate surface area is 136 Å². The largest absolute Gasteiger partial charge is 0.342 e. The van der Waals surface area contributed by atoms with E-state index in [0.717, 1.165) is 32.5 Å². The number of piperidine rings is 1. The average molecular weight is 335 g/mol. The maximum atomic E-state index is 13.7. The first-order chi connectivity index (χ1) is 9.61. The number of nitrogens with one attached hydrogen (secondary N) is 1. The Morgan fingerprint density at radius 1 is 1.52 bits per heavy atom. The first-order valence-corrected chi connectivity index (χ1v) is 7.35. The van der Waals surface area contributed by atoms with Gasteiger partial charge in [0, 0.05) is 23.7 Å². The molecule has 0 bridgehead atoms. The third kappa shape index (κ3) is 4.83. The first-order valence-electron chi connectivity index (χ1n) is 6.97. The molecule has 1 fully saturated rings. The molecule has 1 N–H and O–H groups in total. The molecular formula is C15H21Cl2FN2O. The highest BCUT2D eigenvalue weighted by atomic mass is 35.5. The van der Waals surface area contributed by atoms with Crippen molar-refractivity contribution < 1.29 is 9.18 Å². The standard InChI is InChI=1S/C15H20ClFN2O.ClH/c1-18-9-11-4-3-7-19(10-11)15(20)8-12-13(16)5-2-6-14(12)17;/h2,5-6,11,18H,3-4,7-10H2,1H3;1H. The van der Waals surface area contributed by atoms with E-state index in [2.05, 4.69) is 5.32 Å². The highest BCUT2D eigenvalue weighted by Gasteiger charge is 2.24. The lowest BCUT2D eigenvalue weighted by molar-refractivity contribution is -0.132. The van der Waals surface area contributed by atoms with Crippen LogP contribution in [0.1, 0.15) is 18.4 Å². The van der Waals surface area contributed by atoms with Crippen molar-refractivity contribution in [2.45, 2.75) is 19.3 Å². The van der Waals surface area contributed by atoms with Gasteiger partial charge < -0.3 is 10.2 Å². The number of hydrogen-bond acceptors (Lipinski definition) is 2. The third-order valence-electron chi connectivity index (χ3n) is 3.75. The molecule has 1 aliphatic heterocycles. The maximum Gasteiger partial charge on any atom is 0.227 e. The van der Waals surface area contributed by atoms with Crippen molar-refractivity contribution in [1.82, 2.24) is 10.2 Å². The van der Waals surface area contributed by atoms with Crippen molar-refractivity contribution in [3.05, 3.63) is 34.6 Å². The van der Waals surface area contributed by atoms with Crippen LogP contribution < -0.4 is 5.32 Å². The monoisotopic (exact) mass is 334 g/mol. The Hall–Kier alpha value is -0.840. The molecule has 1 heterocycles. The van der Waals surface area contributed by atoms with Gasteiger partial charge in [0.05, 0.1) is 6.42 Å². The molecule has 3 nitrogen and oxygen atoms in total. The summed E-state index contributed by atoms with van der Waals surface area (Å²) in [6, 6.07) is 4.51. The molecule has 118 valence electrons. The van der Waals surface area contributed by atoms with Gasteiger partial charge in [0.25, 0.3) is 0 Å². The molecule has 21 heavy (non-hydrogen) atoms. The Morgan fingerprint density at radius 3 is 2.95 bits per heavy atom. The van der Waals surface area contributed by atoms with Gasteiger partial charge in [-0.25, -0.2) is 4.39 Å². The summed E-state index contributed by atoms with van der Waals surface area (Å²) in [4.78, 5) is 14.1. The maximum absolute atomic E-state index is 13.7. The van der Waals surface area contributed by atoms with Gasteiger partial charge in [-0.1, -0.05) is 17.7 Å². The second kappa shape index (κ2) is 8.57. The van der Waals surface area contributed by atoms with E-state index in [1.54, 1.807) is 12.1 Å². The minimum Gasteiger partial charge on any atom is -0.342 e. The summed E-state index contributed by atoms with van der Waals surface area (Å²) in [7, 11) is 1.92. The zero-order chi connectivity index (χ0) is 14.5. The van der Waals surface area contributed by atoms with Crippen LogP contribution in [0.2, 0.25) is 5.02 Å². The van der Waals surface area contributed by atoms with E-state index in [1.807, 2.05) is 11.9 Å². The second-order valence-electron chi connectivity index (χ2n) is 5.28. The average Bonchev–Trinajstić information content (AvgIpc) is 2.43. The number of amides is 1. The van der Waals surface area contributed by atoms with E-state index >= 15 is 0 Å². The highest BCUT2D eigenvalue weighted by Crippen LogP contribution is 2.22. The Balaban J connectivity index is 0.00000220. The molecule has 1 aromatic carbocycles. The minimum atomic E-state index is -0.408. The van der Waals surface area contributed by atoms with Gasteiger partial charge in [-0.05, 0) is 44.5 Å². The number of nitrogens with zero attached hydrogens (tertiary/aromatic N) is 1. The van der Waals surface area contributed by atoms with Crippen molar-refractivity contribution in [3.8, 4) is 0 Å². The van der Waals surface area contributed by atoms with Gasteiger partial charge in [0.15, 0.2) is 0 Å². The number of carbonyl (C=O) groups is 1. The van der Waals surface area contributed by atoms with Gasteiger partial charge in [-0.3, -0.25) is 4.79 Å². The summed E-state index contributed by atoms with van der Waals surface area (Å²) < 4.78 is 13.7. The summed E-state index contributed by atoms with van der Waals surface area (Å²) >= 11 is 5.97. The van der Waals surface area contributed by atoms with Gasteiger partial charge >= 0.3 is 0 Å². The lowest BCUT2D eigenvalue weighted by Crippen LogP contribution is -2.43. The fourth-order valence-electron chi connectivity index (χ4n) is 2.71. The lowest BCUT2D eigenvalue weighted by atomic mass is 9.97. The summed E-state index contributed by atoms with van der Waals surface area (Å²) in [5.74, 6) is 0.0289. The van der Waals surface area contributed by atoms with E-state index in [0.29, 0.717) is 16.5 Å². The van der Waals surface area contributed by atoms with Gasteiger partial charge in [0.2, 0.25) is 5.91 Å². The van der Waals surface area contributed by atoms with Crippen LogP contribution in [-0.2, 0) is 11.2 Å².